The van der Waals surface area contributed by atoms with Crippen LogP contribution in [0.4, 0.5) is 45.5 Å². The van der Waals surface area contributed by atoms with Gasteiger partial charge in [-0.1, -0.05) is 72.8 Å². The molecule has 8 aromatic carbocycles. The number of esters is 2. The van der Waals surface area contributed by atoms with Crippen LogP contribution < -0.4 is 21.9 Å². The maximum Gasteiger partial charge on any atom is 0.497 e. The fourth-order valence-corrected chi connectivity index (χ4v) is 8.63. The summed E-state index contributed by atoms with van der Waals surface area (Å²) in [5, 5.41) is 107. The molecule has 0 aliphatic carbocycles. The molecule has 2 saturated heterocycles. The van der Waals surface area contributed by atoms with Gasteiger partial charge >= 0.3 is 40.4 Å². The quantitative estimate of drug-likeness (QED) is 0.0171. The first-order valence-corrected chi connectivity index (χ1v) is 35.1. The van der Waals surface area contributed by atoms with Gasteiger partial charge in [-0.3, -0.25) is 9.59 Å². The van der Waals surface area contributed by atoms with Gasteiger partial charge in [-0.15, -0.1) is 0 Å². The van der Waals surface area contributed by atoms with Crippen LogP contribution in [0.1, 0.15) is 166 Å². The summed E-state index contributed by atoms with van der Waals surface area (Å²) < 4.78 is 33.8. The molecule has 0 spiro atoms. The maximum absolute atomic E-state index is 11.5. The Morgan fingerprint density at radius 2 is 0.536 bits per heavy atom. The van der Waals surface area contributed by atoms with Crippen molar-refractivity contribution in [3.63, 3.8) is 0 Å². The van der Waals surface area contributed by atoms with E-state index in [0.717, 1.165) is 10.9 Å². The lowest BCUT2D eigenvalue weighted by Crippen LogP contribution is -2.44. The van der Waals surface area contributed by atoms with Gasteiger partial charge in [0.05, 0.1) is 116 Å². The lowest BCUT2D eigenvalue weighted by atomic mass is 9.78. The van der Waals surface area contributed by atoms with Gasteiger partial charge in [0.2, 0.25) is 0 Å². The number of Topliss-reactive ketones (excluding diaryl/α,β-unsaturated/α-hetero) is 2. The zero-order valence-corrected chi connectivity index (χ0v) is 66.0. The number of hydrogen-bond donors (Lipinski definition) is 8. The van der Waals surface area contributed by atoms with Crippen LogP contribution in [-0.4, -0.2) is 152 Å². The zero-order valence-electron chi connectivity index (χ0n) is 66.0. The van der Waals surface area contributed by atoms with Gasteiger partial charge in [0.1, 0.15) is 0 Å². The highest BCUT2D eigenvalue weighted by Crippen LogP contribution is 2.39. The summed E-state index contributed by atoms with van der Waals surface area (Å²) in [4.78, 5) is 45.3. The molecule has 0 unspecified atom stereocenters. The molecule has 8 N–H and O–H groups in total. The second-order valence-electron chi connectivity index (χ2n) is 29.5. The average molecular weight is 1500 g/mol. The first kappa shape index (κ1) is 90.8. The van der Waals surface area contributed by atoms with E-state index in [4.69, 9.17) is 43.8 Å². The Bertz CT molecular complexity index is 4390. The molecule has 0 aromatic heterocycles. The van der Waals surface area contributed by atoms with Crippen LogP contribution in [0.25, 0.3) is 0 Å². The topological polar surface area (TPSA) is 384 Å². The smallest absolute Gasteiger partial charge is 0.465 e. The molecule has 2 fully saturated rings. The summed E-state index contributed by atoms with van der Waals surface area (Å²) in [6.07, 6.45) is 0. The number of rotatable bonds is 18. The Morgan fingerprint density at radius 1 is 0.327 bits per heavy atom. The van der Waals surface area contributed by atoms with Crippen molar-refractivity contribution in [2.75, 3.05) is 14.2 Å². The maximum atomic E-state index is 11.5. The van der Waals surface area contributed by atoms with E-state index in [-0.39, 0.29) is 28.5 Å². The fourth-order valence-electron chi connectivity index (χ4n) is 8.63. The van der Waals surface area contributed by atoms with E-state index in [9.17, 15) is 39.3 Å². The lowest BCUT2D eigenvalue weighted by Gasteiger charge is -2.32. The number of ketones is 2. The molecule has 0 bridgehead atoms. The van der Waals surface area contributed by atoms with Crippen molar-refractivity contribution in [2.45, 2.75) is 169 Å². The van der Waals surface area contributed by atoms with Crippen LogP contribution in [0.5, 0.6) is 0 Å². The number of benzene rings is 8. The summed E-state index contributed by atoms with van der Waals surface area (Å²) in [5.74, 6) is -0.793. The number of hydrogen-bond acceptors (Lipinski definition) is 26. The molecule has 580 valence electrons. The first-order chi connectivity index (χ1) is 51.1. The second-order valence-corrected chi connectivity index (χ2v) is 29.5. The number of nitrogens with zero attached hydrogens (tertiary/aromatic N) is 8. The Hall–Kier alpha value is -9.78. The monoisotopic (exact) mass is 1500 g/mol. The van der Waals surface area contributed by atoms with Gasteiger partial charge in [0, 0.05) is 33.0 Å². The molecule has 110 heavy (non-hydrogen) atoms. The summed E-state index contributed by atoms with van der Waals surface area (Å²) in [6.45, 7) is 31.8. The van der Waals surface area contributed by atoms with Gasteiger partial charge in [0.25, 0.3) is 0 Å². The van der Waals surface area contributed by atoms with Gasteiger partial charge < -0.3 is 68.6 Å². The van der Waals surface area contributed by atoms with Crippen molar-refractivity contribution in [3.8, 4) is 0 Å². The van der Waals surface area contributed by atoms with Crippen molar-refractivity contribution in [3.05, 3.63) is 216 Å². The van der Waals surface area contributed by atoms with Crippen LogP contribution in [0, 0.1) is 0 Å². The molecule has 0 amide bonds. The van der Waals surface area contributed by atoms with Crippen molar-refractivity contribution < 1.29 is 87.8 Å². The number of methoxy groups -OCH3 is 2. The summed E-state index contributed by atoms with van der Waals surface area (Å²) in [6, 6.07) is 55.4. The predicted octanol–water partition coefficient (Wildman–Crippen LogP) is 13.4. The van der Waals surface area contributed by atoms with Crippen molar-refractivity contribution in [2.24, 2.45) is 40.9 Å². The fraction of sp³-hybridized carbons (Fsp3) is 0.350. The number of azo groups is 4. The number of aliphatic hydroxyl groups is 4. The molecule has 8 aromatic rings. The van der Waals surface area contributed by atoms with Crippen LogP contribution in [0.2, 0.25) is 0 Å². The van der Waals surface area contributed by atoms with Crippen LogP contribution in [0.15, 0.2) is 235 Å². The number of carbonyl (C=O) groups is 4. The molecule has 2 aliphatic heterocycles. The van der Waals surface area contributed by atoms with E-state index in [0.29, 0.717) is 67.8 Å². The predicted molar refractivity (Wildman–Crippen MR) is 427 cm³/mol. The van der Waals surface area contributed by atoms with E-state index in [2.05, 4.69) is 45.7 Å². The highest BCUT2D eigenvalue weighted by atomic mass is 16.7. The third-order valence-corrected chi connectivity index (χ3v) is 18.5. The minimum atomic E-state index is -1.61. The largest absolute Gasteiger partial charge is 0.497 e. The molecule has 2 aliphatic rings. The molecule has 26 nitrogen and oxygen atoms in total. The van der Waals surface area contributed by atoms with Crippen LogP contribution in [-0.2, 0) is 28.1 Å². The van der Waals surface area contributed by atoms with E-state index in [1.807, 2.05) is 104 Å². The molecule has 0 atom stereocenters. The Labute approximate surface area is 645 Å². The molecule has 0 saturated carbocycles. The van der Waals surface area contributed by atoms with Crippen molar-refractivity contribution in [1.82, 2.24) is 0 Å². The number of carbonyl (C=O) groups excluding carboxylic acids is 4. The van der Waals surface area contributed by atoms with Gasteiger partial charge in [-0.05, 0) is 246 Å². The van der Waals surface area contributed by atoms with Gasteiger partial charge in [0.15, 0.2) is 11.6 Å². The average Bonchev–Trinajstić information content (AvgIpc) is 1.63. The first-order valence-electron chi connectivity index (χ1n) is 35.1. The minimum absolute atomic E-state index is 0.0118. The van der Waals surface area contributed by atoms with Gasteiger partial charge in [-0.25, -0.2) is 9.59 Å². The van der Waals surface area contributed by atoms with E-state index in [1.165, 1.54) is 28.1 Å². The third kappa shape index (κ3) is 26.8. The SMILES string of the molecule is CC(=O)c1ccc(N=Nc2ccccc2B(O)O)cc1.CC(=O)c1ccc(N=Nc2ccccc2B2OC(C)(C)C(C)(C)O2)cc1.CC(C)(O)C(C)(C)O.CC(C)(O)C(C)(C)O.COC(=O)c1ccc(N=Nc2ccccc2B(O)O)cc1.COC(=O)c1ccc(N=Nc2ccccc2B2OC(C)(C)C(C)(C)O2)cc1. The number of ether oxygens (including phenoxy) is 2. The van der Waals surface area contributed by atoms with Crippen LogP contribution in [0.3, 0.4) is 0 Å². The molecular formula is C80H100B4N8O18. The second kappa shape index (κ2) is 39.2. The molecular weight excluding hydrogens is 1400 g/mol. The van der Waals surface area contributed by atoms with Crippen LogP contribution >= 0.6 is 0 Å². The standard InChI is InChI=1S/C20H23BN2O4.C20H23BN2O3.C14H13BN2O4.C14H13BN2O3.2C6H14O2/c1-19(2)20(3,4)27-21(26-19)16-8-6-7-9-17(16)23-22-15-12-10-14(11-13-15)18(24)25-5;1-14(24)15-10-12-16(13-11-15)22-23-18-9-7-6-8-17(18)21-25-19(2,3)20(4,5)26-21;1-21-14(18)10-6-8-11(9-7-10)16-17-13-5-3-2-4-12(13)15(19)20;1-10(18)11-6-8-12(9-7-11)16-17-14-5-3-2-4-13(14)15(19)20;2*1-5(2,7)6(3,4)8/h6-13H,1-5H3;6-13H,1-5H3;2-9,19-20H,1H3;2-9,19-20H,1H3;2*7-8H,1-4H3. The van der Waals surface area contributed by atoms with Crippen molar-refractivity contribution in [1.29, 1.82) is 0 Å². The summed E-state index contributed by atoms with van der Waals surface area (Å²) >= 11 is 0. The summed E-state index contributed by atoms with van der Waals surface area (Å²) in [7, 11) is -1.54. The van der Waals surface area contributed by atoms with Gasteiger partial charge in [-0.2, -0.15) is 40.9 Å². The normalized spacial score (nSPS) is 14.8. The molecule has 0 radical (unpaired) electrons. The Kier molecular flexibility index (Phi) is 32.4. The van der Waals surface area contributed by atoms with Crippen molar-refractivity contribution >= 4 is 119 Å². The molecule has 30 heteroatoms. The van der Waals surface area contributed by atoms with E-state index < -0.39 is 79.3 Å². The molecule has 2 heterocycles. The molecule has 10 rings (SSSR count). The van der Waals surface area contributed by atoms with E-state index in [1.54, 1.807) is 201 Å². The van der Waals surface area contributed by atoms with E-state index >= 15 is 0 Å². The summed E-state index contributed by atoms with van der Waals surface area (Å²) in [5.41, 5.74) is 3.22. The highest BCUT2D eigenvalue weighted by Gasteiger charge is 2.53. The lowest BCUT2D eigenvalue weighted by molar-refractivity contribution is -0.107. The third-order valence-electron chi connectivity index (χ3n) is 18.5. The minimum Gasteiger partial charge on any atom is -0.465 e. The Morgan fingerprint density at radius 3 is 0.755 bits per heavy atom. The highest BCUT2D eigenvalue weighted by molar-refractivity contribution is 6.64. The Balaban J connectivity index is 0.000000247. The zero-order chi connectivity index (χ0) is 82.4.